The van der Waals surface area contributed by atoms with E-state index < -0.39 is 29.7 Å². The number of halogens is 3. The molecule has 10 heteroatoms. The fourth-order valence-electron chi connectivity index (χ4n) is 3.74. The Bertz CT molecular complexity index is 1200. The van der Waals surface area contributed by atoms with Crippen molar-refractivity contribution in [3.63, 3.8) is 0 Å². The summed E-state index contributed by atoms with van der Waals surface area (Å²) in [6.07, 6.45) is -2.62. The lowest BCUT2D eigenvalue weighted by molar-refractivity contribution is -0.153. The second-order valence-corrected chi connectivity index (χ2v) is 7.89. The molecule has 31 heavy (non-hydrogen) atoms. The lowest BCUT2D eigenvalue weighted by Gasteiger charge is -2.31. The van der Waals surface area contributed by atoms with Crippen LogP contribution in [0.25, 0.3) is 11.3 Å². The van der Waals surface area contributed by atoms with Crippen LogP contribution in [0.3, 0.4) is 0 Å². The molecular weight excluding hydrogens is 435 g/mol. The smallest absolute Gasteiger partial charge is 0.422 e. The van der Waals surface area contributed by atoms with Gasteiger partial charge in [-0.05, 0) is 35.6 Å². The molecule has 162 valence electrons. The van der Waals surface area contributed by atoms with E-state index in [4.69, 9.17) is 9.47 Å². The average molecular weight is 451 g/mol. The highest BCUT2D eigenvalue weighted by Crippen LogP contribution is 2.44. The van der Waals surface area contributed by atoms with Crippen LogP contribution in [0, 0.1) is 0 Å². The summed E-state index contributed by atoms with van der Waals surface area (Å²) in [5.74, 6) is -1.48. The first-order valence-corrected chi connectivity index (χ1v) is 10.00. The summed E-state index contributed by atoms with van der Waals surface area (Å²) in [6, 6.07) is 7.45. The van der Waals surface area contributed by atoms with Crippen molar-refractivity contribution in [3.8, 4) is 22.8 Å². The van der Waals surface area contributed by atoms with Crippen LogP contribution in [-0.2, 0) is 6.42 Å². The molecular formula is C21H16F3NO5S. The number of hydrogen-bond donors (Lipinski definition) is 1. The van der Waals surface area contributed by atoms with Crippen molar-refractivity contribution < 1.29 is 32.5 Å². The number of nitrogens with zero attached hydrogens (tertiary/aromatic N) is 1. The van der Waals surface area contributed by atoms with Crippen LogP contribution in [0.5, 0.6) is 11.5 Å². The molecule has 0 bridgehead atoms. The van der Waals surface area contributed by atoms with E-state index in [0.29, 0.717) is 17.5 Å². The predicted octanol–water partition coefficient (Wildman–Crippen LogP) is 4.37. The number of hydrogen-bond acceptors (Lipinski definition) is 5. The number of benzene rings is 1. The quantitative estimate of drug-likeness (QED) is 0.623. The molecule has 1 unspecified atom stereocenters. The number of carbonyl (C=O) groups is 1. The van der Waals surface area contributed by atoms with E-state index >= 15 is 0 Å². The fraction of sp³-hybridized carbons (Fsp3) is 0.238. The van der Waals surface area contributed by atoms with Gasteiger partial charge in [0.2, 0.25) is 0 Å². The molecule has 0 spiro atoms. The Morgan fingerprint density at radius 2 is 2.06 bits per heavy atom. The van der Waals surface area contributed by atoms with Crippen molar-refractivity contribution in [1.82, 2.24) is 4.57 Å². The second kappa shape index (κ2) is 7.77. The highest BCUT2D eigenvalue weighted by molar-refractivity contribution is 7.10. The number of methoxy groups -OCH3 is 1. The SMILES string of the molecule is COc1cc2c(cc1OCC(F)(F)F)CC(c1cccs1)n1ccc(=O)c(C(=O)O)c1-2. The maximum Gasteiger partial charge on any atom is 0.422 e. The van der Waals surface area contributed by atoms with Crippen molar-refractivity contribution in [2.75, 3.05) is 13.7 Å². The van der Waals surface area contributed by atoms with Crippen LogP contribution >= 0.6 is 11.3 Å². The predicted molar refractivity (Wildman–Crippen MR) is 107 cm³/mol. The molecule has 0 saturated heterocycles. The Morgan fingerprint density at radius 1 is 1.29 bits per heavy atom. The number of carboxylic acids is 1. The fourth-order valence-corrected chi connectivity index (χ4v) is 4.57. The van der Waals surface area contributed by atoms with E-state index in [1.807, 2.05) is 17.5 Å². The van der Waals surface area contributed by atoms with Crippen LogP contribution in [0.15, 0.2) is 46.7 Å². The molecule has 3 heterocycles. The average Bonchev–Trinajstić information content (AvgIpc) is 3.24. The second-order valence-electron chi connectivity index (χ2n) is 6.92. The highest BCUT2D eigenvalue weighted by atomic mass is 32.1. The van der Waals surface area contributed by atoms with Crippen molar-refractivity contribution in [1.29, 1.82) is 0 Å². The molecule has 2 aromatic heterocycles. The van der Waals surface area contributed by atoms with Gasteiger partial charge < -0.3 is 19.1 Å². The third-order valence-corrected chi connectivity index (χ3v) is 5.97. The summed E-state index contributed by atoms with van der Waals surface area (Å²) in [7, 11) is 1.27. The molecule has 1 aromatic carbocycles. The van der Waals surface area contributed by atoms with Crippen LogP contribution in [-0.4, -0.2) is 35.5 Å². The maximum atomic E-state index is 12.7. The molecule has 6 nitrogen and oxygen atoms in total. The van der Waals surface area contributed by atoms with Crippen molar-refractivity contribution in [2.45, 2.75) is 18.6 Å². The molecule has 1 atom stereocenters. The van der Waals surface area contributed by atoms with E-state index in [9.17, 15) is 27.9 Å². The third-order valence-electron chi connectivity index (χ3n) is 5.00. The van der Waals surface area contributed by atoms with Gasteiger partial charge in [-0.15, -0.1) is 11.3 Å². The third kappa shape index (κ3) is 3.90. The molecule has 0 saturated carbocycles. The lowest BCUT2D eigenvalue weighted by atomic mass is 9.89. The molecule has 0 fully saturated rings. The zero-order valence-electron chi connectivity index (χ0n) is 16.1. The first-order valence-electron chi connectivity index (χ1n) is 9.12. The van der Waals surface area contributed by atoms with Gasteiger partial charge >= 0.3 is 12.1 Å². The normalized spacial score (nSPS) is 15.2. The zero-order chi connectivity index (χ0) is 22.3. The minimum Gasteiger partial charge on any atom is -0.493 e. The van der Waals surface area contributed by atoms with Crippen molar-refractivity contribution in [3.05, 3.63) is 68.1 Å². The standard InChI is InChI=1S/C21H16F3NO5S/c1-29-15-9-12-11(8-16(15)30-10-21(22,23)24)7-13(17-3-2-6-31-17)25-5-4-14(26)18(19(12)25)20(27)28/h2-6,8-9,13H,7,10H2,1H3,(H,27,28). The largest absolute Gasteiger partial charge is 0.493 e. The van der Waals surface area contributed by atoms with Crippen molar-refractivity contribution >= 4 is 17.3 Å². The molecule has 0 amide bonds. The van der Waals surface area contributed by atoms with Gasteiger partial charge in [-0.3, -0.25) is 4.79 Å². The van der Waals surface area contributed by atoms with Crippen LogP contribution < -0.4 is 14.9 Å². The molecule has 1 aliphatic heterocycles. The van der Waals surface area contributed by atoms with Gasteiger partial charge in [0.1, 0.15) is 5.56 Å². The Labute approximate surface area is 178 Å². The van der Waals surface area contributed by atoms with E-state index in [-0.39, 0.29) is 23.2 Å². The van der Waals surface area contributed by atoms with E-state index in [0.717, 1.165) is 4.88 Å². The number of carboxylic acid groups (broad SMARTS) is 1. The highest BCUT2D eigenvalue weighted by Gasteiger charge is 2.33. The molecule has 0 radical (unpaired) electrons. The van der Waals surface area contributed by atoms with Gasteiger partial charge in [0.05, 0.1) is 18.8 Å². The number of thiophene rings is 1. The minimum absolute atomic E-state index is 0.0109. The molecule has 4 rings (SSSR count). The summed E-state index contributed by atoms with van der Waals surface area (Å²) in [5, 5.41) is 11.6. The molecule has 1 aliphatic rings. The summed E-state index contributed by atoms with van der Waals surface area (Å²) < 4.78 is 49.9. The first-order chi connectivity index (χ1) is 14.7. The zero-order valence-corrected chi connectivity index (χ0v) is 16.9. The van der Waals surface area contributed by atoms with Crippen LogP contribution in [0.4, 0.5) is 13.2 Å². The Morgan fingerprint density at radius 3 is 2.68 bits per heavy atom. The van der Waals surface area contributed by atoms with Crippen LogP contribution in [0.1, 0.15) is 26.8 Å². The number of alkyl halides is 3. The van der Waals surface area contributed by atoms with Gasteiger partial charge in [0, 0.05) is 22.7 Å². The molecule has 3 aromatic rings. The summed E-state index contributed by atoms with van der Waals surface area (Å²) in [5.41, 5.74) is 0.0767. The first kappa shape index (κ1) is 21.0. The number of fused-ring (bicyclic) bond motifs is 3. The number of pyridine rings is 1. The topological polar surface area (TPSA) is 77.8 Å². The van der Waals surface area contributed by atoms with Gasteiger partial charge in [-0.2, -0.15) is 13.2 Å². The Hall–Kier alpha value is -3.27. The summed E-state index contributed by atoms with van der Waals surface area (Å²) in [4.78, 5) is 25.3. The Kier molecular flexibility index (Phi) is 5.26. The summed E-state index contributed by atoms with van der Waals surface area (Å²) >= 11 is 1.46. The van der Waals surface area contributed by atoms with Crippen LogP contribution in [0.2, 0.25) is 0 Å². The minimum atomic E-state index is -4.53. The van der Waals surface area contributed by atoms with E-state index in [1.165, 1.54) is 42.8 Å². The van der Waals surface area contributed by atoms with Gasteiger partial charge in [0.25, 0.3) is 0 Å². The monoisotopic (exact) mass is 451 g/mol. The summed E-state index contributed by atoms with van der Waals surface area (Å²) in [6.45, 7) is -1.49. The number of rotatable bonds is 5. The van der Waals surface area contributed by atoms with Crippen molar-refractivity contribution in [2.24, 2.45) is 0 Å². The Balaban J connectivity index is 1.95. The van der Waals surface area contributed by atoms with Gasteiger partial charge in [-0.1, -0.05) is 6.07 Å². The lowest BCUT2D eigenvalue weighted by Crippen LogP contribution is -2.27. The molecule has 1 N–H and O–H groups in total. The number of aromatic nitrogens is 1. The van der Waals surface area contributed by atoms with Gasteiger partial charge in [0.15, 0.2) is 23.5 Å². The molecule has 0 aliphatic carbocycles. The number of aromatic carboxylic acids is 1. The maximum absolute atomic E-state index is 12.7. The van der Waals surface area contributed by atoms with Gasteiger partial charge in [-0.25, -0.2) is 4.79 Å². The van der Waals surface area contributed by atoms with E-state index in [1.54, 1.807) is 4.57 Å². The number of ether oxygens (including phenoxy) is 2. The van der Waals surface area contributed by atoms with E-state index in [2.05, 4.69) is 0 Å².